The van der Waals surface area contributed by atoms with Crippen molar-refractivity contribution in [1.29, 1.82) is 0 Å². The molecule has 1 atom stereocenters. The molecule has 0 fully saturated rings. The van der Waals surface area contributed by atoms with Crippen LogP contribution in [0.25, 0.3) is 0 Å². The minimum atomic E-state index is -0.683. The van der Waals surface area contributed by atoms with Gasteiger partial charge in [0.15, 0.2) is 0 Å². The van der Waals surface area contributed by atoms with Crippen molar-refractivity contribution in [2.45, 2.75) is 26.3 Å². The summed E-state index contributed by atoms with van der Waals surface area (Å²) < 4.78 is 13.1. The Balaban J connectivity index is 2.84. The summed E-state index contributed by atoms with van der Waals surface area (Å²) in [5, 5.41) is 13.1. The van der Waals surface area contributed by atoms with E-state index in [1.807, 2.05) is 13.8 Å². The highest BCUT2D eigenvalue weighted by atomic mass is 19.1. The van der Waals surface area contributed by atoms with Crippen LogP contribution in [-0.2, 0) is 4.79 Å². The lowest BCUT2D eigenvalue weighted by atomic mass is 10.0. The molecule has 0 aliphatic carbocycles. The van der Waals surface area contributed by atoms with Gasteiger partial charge in [-0.2, -0.15) is 0 Å². The molecular formula is C12H16FN3O3. The first-order chi connectivity index (χ1) is 8.81. The van der Waals surface area contributed by atoms with E-state index in [4.69, 9.17) is 5.73 Å². The molecule has 1 rings (SSSR count). The molecule has 0 heterocycles. The fourth-order valence-electron chi connectivity index (χ4n) is 1.42. The van der Waals surface area contributed by atoms with Crippen molar-refractivity contribution in [2.75, 3.05) is 5.32 Å². The third-order valence-electron chi connectivity index (χ3n) is 2.71. The summed E-state index contributed by atoms with van der Waals surface area (Å²) in [4.78, 5) is 21.7. The van der Waals surface area contributed by atoms with Crippen molar-refractivity contribution in [3.05, 3.63) is 34.1 Å². The molecule has 0 aromatic heterocycles. The van der Waals surface area contributed by atoms with Gasteiger partial charge in [0.1, 0.15) is 11.5 Å². The monoisotopic (exact) mass is 269 g/mol. The Morgan fingerprint density at radius 2 is 2.16 bits per heavy atom. The number of halogens is 1. The summed E-state index contributed by atoms with van der Waals surface area (Å²) in [5.74, 6) is -1.03. The summed E-state index contributed by atoms with van der Waals surface area (Å²) in [6.07, 6.45) is 0.0192. The molecule has 6 nitrogen and oxygen atoms in total. The van der Waals surface area contributed by atoms with E-state index in [9.17, 15) is 19.3 Å². The van der Waals surface area contributed by atoms with Crippen LogP contribution in [0.2, 0.25) is 0 Å². The number of amides is 1. The summed E-state index contributed by atoms with van der Waals surface area (Å²) in [6, 6.07) is 2.53. The fourth-order valence-corrected chi connectivity index (χ4v) is 1.42. The molecule has 104 valence electrons. The van der Waals surface area contributed by atoms with Gasteiger partial charge in [0, 0.05) is 24.6 Å². The van der Waals surface area contributed by atoms with E-state index in [1.54, 1.807) is 0 Å². The second-order valence-electron chi connectivity index (χ2n) is 4.58. The standard InChI is InChI=1S/C12H16FN3O3/c1-7(2)9(14)6-12(17)15-10-5-8(13)3-4-11(10)16(18)19/h3-5,7,9H,6,14H2,1-2H3,(H,15,17). The molecule has 3 N–H and O–H groups in total. The first kappa shape index (κ1) is 15.0. The summed E-state index contributed by atoms with van der Waals surface area (Å²) >= 11 is 0. The summed E-state index contributed by atoms with van der Waals surface area (Å²) in [7, 11) is 0. The van der Waals surface area contributed by atoms with E-state index in [1.165, 1.54) is 0 Å². The molecule has 1 amide bonds. The van der Waals surface area contributed by atoms with Crippen molar-refractivity contribution in [3.8, 4) is 0 Å². The predicted molar refractivity (Wildman–Crippen MR) is 69.1 cm³/mol. The summed E-state index contributed by atoms with van der Waals surface area (Å²) in [6.45, 7) is 3.73. The number of hydrogen-bond donors (Lipinski definition) is 2. The number of hydrogen-bond acceptors (Lipinski definition) is 4. The molecule has 0 radical (unpaired) electrons. The average molecular weight is 269 g/mol. The van der Waals surface area contributed by atoms with Crippen LogP contribution in [0.4, 0.5) is 15.8 Å². The van der Waals surface area contributed by atoms with Crippen LogP contribution in [0.3, 0.4) is 0 Å². The van der Waals surface area contributed by atoms with E-state index < -0.39 is 16.6 Å². The Hall–Kier alpha value is -2.02. The Labute approximate surface area is 109 Å². The maximum atomic E-state index is 13.1. The van der Waals surface area contributed by atoms with Gasteiger partial charge >= 0.3 is 0 Å². The van der Waals surface area contributed by atoms with Gasteiger partial charge in [0.2, 0.25) is 5.91 Å². The zero-order valence-electron chi connectivity index (χ0n) is 10.7. The van der Waals surface area contributed by atoms with E-state index in [0.717, 1.165) is 18.2 Å². The maximum Gasteiger partial charge on any atom is 0.292 e. The number of carbonyl (C=O) groups excluding carboxylic acids is 1. The lowest BCUT2D eigenvalue weighted by Crippen LogP contribution is -2.31. The average Bonchev–Trinajstić information content (AvgIpc) is 2.27. The molecule has 0 spiro atoms. The molecule has 1 aromatic carbocycles. The number of anilines is 1. The van der Waals surface area contributed by atoms with Gasteiger partial charge in [0.05, 0.1) is 4.92 Å². The van der Waals surface area contributed by atoms with Crippen LogP contribution >= 0.6 is 0 Å². The van der Waals surface area contributed by atoms with E-state index in [2.05, 4.69) is 5.32 Å². The number of rotatable bonds is 5. The van der Waals surface area contributed by atoms with Gasteiger partial charge in [-0.3, -0.25) is 14.9 Å². The molecule has 1 unspecified atom stereocenters. The minimum Gasteiger partial charge on any atom is -0.327 e. The first-order valence-corrected chi connectivity index (χ1v) is 5.80. The van der Waals surface area contributed by atoms with Crippen molar-refractivity contribution < 1.29 is 14.1 Å². The Bertz CT molecular complexity index is 491. The van der Waals surface area contributed by atoms with Crippen LogP contribution in [0.5, 0.6) is 0 Å². The first-order valence-electron chi connectivity index (χ1n) is 5.80. The van der Waals surface area contributed by atoms with E-state index in [0.29, 0.717) is 0 Å². The normalized spacial score (nSPS) is 12.3. The van der Waals surface area contributed by atoms with Crippen molar-refractivity contribution in [3.63, 3.8) is 0 Å². The number of benzene rings is 1. The predicted octanol–water partition coefficient (Wildman–Crippen LogP) is 2.05. The number of nitro benzene ring substituents is 1. The van der Waals surface area contributed by atoms with Crippen LogP contribution in [0.1, 0.15) is 20.3 Å². The van der Waals surface area contributed by atoms with Gasteiger partial charge in [-0.15, -0.1) is 0 Å². The zero-order chi connectivity index (χ0) is 14.6. The molecule has 7 heteroatoms. The minimum absolute atomic E-state index is 0.0192. The molecule has 0 bridgehead atoms. The lowest BCUT2D eigenvalue weighted by molar-refractivity contribution is -0.384. The molecule has 0 saturated carbocycles. The highest BCUT2D eigenvalue weighted by molar-refractivity contribution is 5.93. The Morgan fingerprint density at radius 3 is 2.68 bits per heavy atom. The number of nitrogens with zero attached hydrogens (tertiary/aromatic N) is 1. The topological polar surface area (TPSA) is 98.3 Å². The molecule has 1 aromatic rings. The van der Waals surface area contributed by atoms with Crippen molar-refractivity contribution in [2.24, 2.45) is 11.7 Å². The van der Waals surface area contributed by atoms with Crippen molar-refractivity contribution >= 4 is 17.3 Å². The van der Waals surface area contributed by atoms with Crippen LogP contribution < -0.4 is 11.1 Å². The highest BCUT2D eigenvalue weighted by Gasteiger charge is 2.18. The fraction of sp³-hybridized carbons (Fsp3) is 0.417. The van der Waals surface area contributed by atoms with E-state index >= 15 is 0 Å². The van der Waals surface area contributed by atoms with E-state index in [-0.39, 0.29) is 29.8 Å². The number of nitrogens with one attached hydrogen (secondary N) is 1. The number of nitrogens with two attached hydrogens (primary N) is 1. The Morgan fingerprint density at radius 1 is 1.53 bits per heavy atom. The van der Waals surface area contributed by atoms with Crippen LogP contribution in [0.15, 0.2) is 18.2 Å². The molecule has 0 aliphatic rings. The SMILES string of the molecule is CC(C)C(N)CC(=O)Nc1cc(F)ccc1[N+](=O)[O-]. The second kappa shape index (κ2) is 6.24. The zero-order valence-corrected chi connectivity index (χ0v) is 10.7. The van der Waals surface area contributed by atoms with Crippen LogP contribution in [-0.4, -0.2) is 16.9 Å². The second-order valence-corrected chi connectivity index (χ2v) is 4.58. The molecule has 0 saturated heterocycles. The smallest absolute Gasteiger partial charge is 0.292 e. The summed E-state index contributed by atoms with van der Waals surface area (Å²) in [5.41, 5.74) is 5.22. The Kier molecular flexibility index (Phi) is 4.94. The van der Waals surface area contributed by atoms with Gasteiger partial charge in [-0.1, -0.05) is 13.8 Å². The lowest BCUT2D eigenvalue weighted by Gasteiger charge is -2.15. The largest absolute Gasteiger partial charge is 0.327 e. The van der Waals surface area contributed by atoms with Crippen molar-refractivity contribution in [1.82, 2.24) is 0 Å². The third-order valence-corrected chi connectivity index (χ3v) is 2.71. The molecule has 19 heavy (non-hydrogen) atoms. The van der Waals surface area contributed by atoms with Crippen LogP contribution in [0, 0.1) is 21.8 Å². The van der Waals surface area contributed by atoms with Gasteiger partial charge in [0.25, 0.3) is 5.69 Å². The molecule has 0 aliphatic heterocycles. The molecular weight excluding hydrogens is 253 g/mol. The third kappa shape index (κ3) is 4.29. The maximum absolute atomic E-state index is 13.1. The highest BCUT2D eigenvalue weighted by Crippen LogP contribution is 2.25. The van der Waals surface area contributed by atoms with Gasteiger partial charge in [-0.05, 0) is 12.0 Å². The van der Waals surface area contributed by atoms with Gasteiger partial charge in [-0.25, -0.2) is 4.39 Å². The number of nitro groups is 1. The number of carbonyl (C=O) groups is 1. The quantitative estimate of drug-likeness (QED) is 0.631. The van der Waals surface area contributed by atoms with Gasteiger partial charge < -0.3 is 11.1 Å².